The maximum absolute atomic E-state index is 13.9. The molecule has 31 heavy (non-hydrogen) atoms. The van der Waals surface area contributed by atoms with Crippen LogP contribution in [0.4, 0.5) is 8.78 Å². The lowest BCUT2D eigenvalue weighted by atomic mass is 10.1. The Balaban J connectivity index is 1.26. The molecule has 1 aromatic heterocycles. The van der Waals surface area contributed by atoms with E-state index in [1.54, 1.807) is 0 Å². The Labute approximate surface area is 180 Å². The van der Waals surface area contributed by atoms with Crippen LogP contribution in [0.2, 0.25) is 0 Å². The minimum Gasteiger partial charge on any atom is -0.441 e. The lowest BCUT2D eigenvalue weighted by Crippen LogP contribution is -2.48. The van der Waals surface area contributed by atoms with Gasteiger partial charge in [-0.2, -0.15) is 0 Å². The number of carbonyl (C=O) groups is 1. The largest absolute Gasteiger partial charge is 0.441 e. The first-order chi connectivity index (χ1) is 15.0. The Morgan fingerprint density at radius 1 is 1.10 bits per heavy atom. The molecule has 4 rings (SSSR count). The van der Waals surface area contributed by atoms with Gasteiger partial charge in [0.15, 0.2) is 11.7 Å². The quantitative estimate of drug-likeness (QED) is 0.594. The number of oxazole rings is 1. The van der Waals surface area contributed by atoms with E-state index in [2.05, 4.69) is 35.0 Å². The maximum Gasteiger partial charge on any atom is 0.223 e. The topological polar surface area (TPSA) is 49.6 Å². The second-order valence-electron chi connectivity index (χ2n) is 7.83. The summed E-state index contributed by atoms with van der Waals surface area (Å²) in [6.07, 6.45) is 2.02. The predicted molar refractivity (Wildman–Crippen MR) is 113 cm³/mol. The molecule has 5 nitrogen and oxygen atoms in total. The van der Waals surface area contributed by atoms with Gasteiger partial charge >= 0.3 is 0 Å². The molecule has 0 bridgehead atoms. The highest BCUT2D eigenvalue weighted by molar-refractivity contribution is 5.76. The Morgan fingerprint density at radius 3 is 2.61 bits per heavy atom. The highest BCUT2D eigenvalue weighted by atomic mass is 19.1. The number of aromatic nitrogens is 1. The first-order valence-electron chi connectivity index (χ1n) is 10.4. The van der Waals surface area contributed by atoms with Crippen LogP contribution < -0.4 is 0 Å². The predicted octanol–water partition coefficient (Wildman–Crippen LogP) is 4.21. The smallest absolute Gasteiger partial charge is 0.223 e. The van der Waals surface area contributed by atoms with Gasteiger partial charge in [0.2, 0.25) is 5.91 Å². The van der Waals surface area contributed by atoms with Crippen LogP contribution in [0, 0.1) is 18.6 Å². The summed E-state index contributed by atoms with van der Waals surface area (Å²) in [5, 5.41) is 0. The van der Waals surface area contributed by atoms with E-state index in [1.165, 1.54) is 29.5 Å². The third kappa shape index (κ3) is 5.17. The lowest BCUT2D eigenvalue weighted by Gasteiger charge is -2.35. The number of carbonyl (C=O) groups excluding carboxylic acids is 1. The minimum atomic E-state index is -0.706. The van der Waals surface area contributed by atoms with Gasteiger partial charge in [-0.3, -0.25) is 9.69 Å². The van der Waals surface area contributed by atoms with Crippen LogP contribution in [-0.4, -0.2) is 46.9 Å². The van der Waals surface area contributed by atoms with Crippen molar-refractivity contribution >= 4 is 5.91 Å². The number of piperazine rings is 1. The van der Waals surface area contributed by atoms with Gasteiger partial charge in [0.1, 0.15) is 11.6 Å². The van der Waals surface area contributed by atoms with E-state index in [1.807, 2.05) is 11.0 Å². The molecular formula is C24H25F2N3O2. The number of halogens is 2. The van der Waals surface area contributed by atoms with Crippen LogP contribution in [-0.2, 0) is 17.8 Å². The number of benzene rings is 2. The Morgan fingerprint density at radius 2 is 1.87 bits per heavy atom. The van der Waals surface area contributed by atoms with Gasteiger partial charge < -0.3 is 9.32 Å². The lowest BCUT2D eigenvalue weighted by molar-refractivity contribution is -0.133. The fraction of sp³-hybridized carbons (Fsp3) is 0.333. The third-order valence-electron chi connectivity index (χ3n) is 5.68. The van der Waals surface area contributed by atoms with Crippen LogP contribution in [0.15, 0.2) is 53.1 Å². The number of amides is 1. The zero-order valence-electron chi connectivity index (χ0n) is 17.5. The molecular weight excluding hydrogens is 400 g/mol. The average Bonchev–Trinajstić information content (AvgIpc) is 3.23. The number of rotatable bonds is 6. The molecule has 1 fully saturated rings. The standard InChI is InChI=1S/C24H25F2N3O2/c1-17-4-2-3-5-18(17)16-28-10-12-29(13-11-28)24(30)9-8-23-27-15-22(31-23)20-7-6-19(25)14-21(20)26/h2-7,14-15H,8-13,16H2,1H3. The van der Waals surface area contributed by atoms with Crippen molar-refractivity contribution in [1.82, 2.24) is 14.8 Å². The molecule has 0 saturated carbocycles. The number of hydrogen-bond donors (Lipinski definition) is 0. The number of hydrogen-bond acceptors (Lipinski definition) is 4. The van der Waals surface area contributed by atoms with E-state index in [-0.39, 0.29) is 23.7 Å². The van der Waals surface area contributed by atoms with Crippen molar-refractivity contribution in [3.8, 4) is 11.3 Å². The summed E-state index contributed by atoms with van der Waals surface area (Å²) < 4.78 is 32.5. The van der Waals surface area contributed by atoms with Gasteiger partial charge in [0.05, 0.1) is 11.8 Å². The summed E-state index contributed by atoms with van der Waals surface area (Å²) in [4.78, 5) is 21.0. The van der Waals surface area contributed by atoms with Crippen LogP contribution >= 0.6 is 0 Å². The Kier molecular flexibility index (Phi) is 6.42. The maximum atomic E-state index is 13.9. The first-order valence-corrected chi connectivity index (χ1v) is 10.4. The minimum absolute atomic E-state index is 0.0586. The van der Waals surface area contributed by atoms with E-state index < -0.39 is 11.6 Å². The molecule has 162 valence electrons. The molecule has 1 aliphatic rings. The molecule has 0 atom stereocenters. The molecule has 0 N–H and O–H groups in total. The van der Waals surface area contributed by atoms with E-state index in [0.717, 1.165) is 25.7 Å². The van der Waals surface area contributed by atoms with Gasteiger partial charge in [-0.1, -0.05) is 24.3 Å². The van der Waals surface area contributed by atoms with Gasteiger partial charge in [0, 0.05) is 51.6 Å². The summed E-state index contributed by atoms with van der Waals surface area (Å²) in [5.41, 5.74) is 2.75. The van der Waals surface area contributed by atoms with E-state index in [9.17, 15) is 13.6 Å². The highest BCUT2D eigenvalue weighted by Crippen LogP contribution is 2.24. The fourth-order valence-electron chi connectivity index (χ4n) is 3.80. The molecule has 3 aromatic rings. The second kappa shape index (κ2) is 9.39. The van der Waals surface area contributed by atoms with Crippen LogP contribution in [0.25, 0.3) is 11.3 Å². The van der Waals surface area contributed by atoms with E-state index in [4.69, 9.17) is 4.42 Å². The molecule has 0 radical (unpaired) electrons. The summed E-state index contributed by atoms with van der Waals surface area (Å²) in [7, 11) is 0. The van der Waals surface area contributed by atoms with Gasteiger partial charge in [0.25, 0.3) is 0 Å². The Bertz CT molecular complexity index is 1060. The zero-order chi connectivity index (χ0) is 21.8. The molecule has 0 aliphatic carbocycles. The van der Waals surface area contributed by atoms with Crippen molar-refractivity contribution in [2.75, 3.05) is 26.2 Å². The van der Waals surface area contributed by atoms with Crippen LogP contribution in [0.5, 0.6) is 0 Å². The monoisotopic (exact) mass is 425 g/mol. The summed E-state index contributed by atoms with van der Waals surface area (Å²) in [6.45, 7) is 6.09. The van der Waals surface area contributed by atoms with Crippen LogP contribution in [0.3, 0.4) is 0 Å². The molecule has 1 aliphatic heterocycles. The number of aryl methyl sites for hydroxylation is 2. The molecule has 2 aromatic carbocycles. The molecule has 0 unspecified atom stereocenters. The summed E-state index contributed by atoms with van der Waals surface area (Å²) >= 11 is 0. The van der Waals surface area contributed by atoms with Crippen molar-refractivity contribution in [1.29, 1.82) is 0 Å². The third-order valence-corrected chi connectivity index (χ3v) is 5.68. The van der Waals surface area contributed by atoms with Crippen molar-refractivity contribution in [3.63, 3.8) is 0 Å². The van der Waals surface area contributed by atoms with Crippen molar-refractivity contribution < 1.29 is 18.0 Å². The van der Waals surface area contributed by atoms with Gasteiger partial charge in [-0.25, -0.2) is 13.8 Å². The van der Waals surface area contributed by atoms with E-state index >= 15 is 0 Å². The van der Waals surface area contributed by atoms with Crippen LogP contribution in [0.1, 0.15) is 23.4 Å². The summed E-state index contributed by atoms with van der Waals surface area (Å²) in [6, 6.07) is 11.7. The summed E-state index contributed by atoms with van der Waals surface area (Å²) in [5.74, 6) is -0.703. The fourth-order valence-corrected chi connectivity index (χ4v) is 3.80. The average molecular weight is 425 g/mol. The molecule has 2 heterocycles. The second-order valence-corrected chi connectivity index (χ2v) is 7.83. The van der Waals surface area contributed by atoms with Crippen molar-refractivity contribution in [3.05, 3.63) is 77.3 Å². The Hall–Kier alpha value is -3.06. The van der Waals surface area contributed by atoms with Crippen molar-refractivity contribution in [2.24, 2.45) is 0 Å². The molecule has 1 amide bonds. The van der Waals surface area contributed by atoms with Gasteiger partial charge in [-0.15, -0.1) is 0 Å². The normalized spacial score (nSPS) is 14.7. The molecule has 1 saturated heterocycles. The SMILES string of the molecule is Cc1ccccc1CN1CCN(C(=O)CCc2ncc(-c3ccc(F)cc3F)o2)CC1. The van der Waals surface area contributed by atoms with Gasteiger partial charge in [-0.05, 0) is 30.2 Å². The molecule has 7 heteroatoms. The van der Waals surface area contributed by atoms with Crippen molar-refractivity contribution in [2.45, 2.75) is 26.3 Å². The van der Waals surface area contributed by atoms with E-state index in [0.29, 0.717) is 25.4 Å². The zero-order valence-corrected chi connectivity index (χ0v) is 17.5. The highest BCUT2D eigenvalue weighted by Gasteiger charge is 2.22. The molecule has 0 spiro atoms. The number of nitrogens with zero attached hydrogens (tertiary/aromatic N) is 3. The first kappa shape index (κ1) is 21.2.